The molecule has 0 aromatic rings. The van der Waals surface area contributed by atoms with Gasteiger partial charge in [-0.1, -0.05) is 285 Å². The first-order valence-corrected chi connectivity index (χ1v) is 37.7. The zero-order chi connectivity index (χ0) is 62.8. The predicted octanol–water partition coefficient (Wildman–Crippen LogP) is 18.6. The minimum absolute atomic E-state index is 0.106. The molecule has 3 unspecified atom stereocenters. The first-order valence-electron chi connectivity index (χ1n) is 34.7. The zero-order valence-electron chi connectivity index (χ0n) is 54.7. The van der Waals surface area contributed by atoms with Crippen molar-refractivity contribution in [2.45, 2.75) is 355 Å². The third-order valence-electron chi connectivity index (χ3n) is 15.6. The van der Waals surface area contributed by atoms with E-state index < -0.39 is 97.5 Å². The van der Waals surface area contributed by atoms with Gasteiger partial charge in [0.05, 0.1) is 26.4 Å². The molecule has 504 valence electrons. The van der Waals surface area contributed by atoms with E-state index in [2.05, 4.69) is 34.6 Å². The van der Waals surface area contributed by atoms with Crippen molar-refractivity contribution in [3.8, 4) is 0 Å². The Balaban J connectivity index is 5.25. The monoisotopic (exact) mass is 1250 g/mol. The van der Waals surface area contributed by atoms with Crippen molar-refractivity contribution in [1.82, 2.24) is 0 Å². The highest BCUT2D eigenvalue weighted by Crippen LogP contribution is 2.45. The Labute approximate surface area is 517 Å². The second-order valence-electron chi connectivity index (χ2n) is 24.1. The number of carbonyl (C=O) groups excluding carboxylic acids is 4. The number of hydrogen-bond donors (Lipinski definition) is 3. The molecule has 0 rings (SSSR count). The Bertz CT molecular complexity index is 1650. The maximum Gasteiger partial charge on any atom is 0.472 e. The summed E-state index contributed by atoms with van der Waals surface area (Å²) in [6, 6.07) is 0. The average molecular weight is 1260 g/mol. The molecule has 0 saturated carbocycles. The molecule has 0 aliphatic heterocycles. The van der Waals surface area contributed by atoms with Crippen LogP contribution in [0.3, 0.4) is 0 Å². The average Bonchev–Trinajstić information content (AvgIpc) is 3.48. The highest BCUT2D eigenvalue weighted by atomic mass is 31.2. The lowest BCUT2D eigenvalue weighted by atomic mass is 10.00. The number of hydrogen-bond acceptors (Lipinski definition) is 15. The molecule has 19 heteroatoms. The van der Waals surface area contributed by atoms with Crippen molar-refractivity contribution in [2.24, 2.45) is 5.92 Å². The molecule has 0 amide bonds. The van der Waals surface area contributed by atoms with Gasteiger partial charge in [-0.05, 0) is 31.6 Å². The van der Waals surface area contributed by atoms with Gasteiger partial charge in [-0.2, -0.15) is 0 Å². The third-order valence-corrected chi connectivity index (χ3v) is 17.5. The lowest BCUT2D eigenvalue weighted by molar-refractivity contribution is -0.161. The lowest BCUT2D eigenvalue weighted by Gasteiger charge is -2.21. The number of carbonyl (C=O) groups is 4. The molecule has 85 heavy (non-hydrogen) atoms. The summed E-state index contributed by atoms with van der Waals surface area (Å²) in [5.74, 6) is -1.40. The molecule has 0 spiro atoms. The van der Waals surface area contributed by atoms with Gasteiger partial charge < -0.3 is 33.8 Å². The summed E-state index contributed by atoms with van der Waals surface area (Å²) >= 11 is 0. The Kier molecular flexibility index (Phi) is 58.3. The number of rotatable bonds is 66. The summed E-state index contributed by atoms with van der Waals surface area (Å²) in [5.41, 5.74) is 0. The molecule has 0 aliphatic rings. The first kappa shape index (κ1) is 83.1. The first-order chi connectivity index (χ1) is 41.1. The van der Waals surface area contributed by atoms with Crippen LogP contribution < -0.4 is 0 Å². The molecule has 6 atom stereocenters. The zero-order valence-corrected chi connectivity index (χ0v) is 56.5. The number of phosphoric ester groups is 2. The summed E-state index contributed by atoms with van der Waals surface area (Å²) in [4.78, 5) is 72.3. The van der Waals surface area contributed by atoms with E-state index in [9.17, 15) is 43.2 Å². The van der Waals surface area contributed by atoms with E-state index in [0.717, 1.165) is 102 Å². The molecule has 0 aromatic heterocycles. The number of unbranched alkanes of at least 4 members (excludes halogenated alkanes) is 37. The van der Waals surface area contributed by atoms with Crippen molar-refractivity contribution < 1.29 is 80.2 Å². The number of aliphatic hydroxyl groups excluding tert-OH is 1. The van der Waals surface area contributed by atoms with Crippen LogP contribution in [0.1, 0.15) is 336 Å². The van der Waals surface area contributed by atoms with Gasteiger partial charge in [0.15, 0.2) is 12.2 Å². The van der Waals surface area contributed by atoms with E-state index in [1.165, 1.54) is 154 Å². The molecule has 0 aliphatic carbocycles. The van der Waals surface area contributed by atoms with Gasteiger partial charge in [0, 0.05) is 25.7 Å². The van der Waals surface area contributed by atoms with Gasteiger partial charge in [-0.25, -0.2) is 9.13 Å². The number of phosphoric acid groups is 2. The van der Waals surface area contributed by atoms with Crippen LogP contribution in [0.2, 0.25) is 0 Å². The number of aliphatic hydroxyl groups is 1. The Morgan fingerprint density at radius 2 is 0.565 bits per heavy atom. The largest absolute Gasteiger partial charge is 0.472 e. The van der Waals surface area contributed by atoms with Gasteiger partial charge in [0.25, 0.3) is 0 Å². The molecular formula is C66H128O17P2. The second-order valence-corrected chi connectivity index (χ2v) is 27.0. The third kappa shape index (κ3) is 59.5. The van der Waals surface area contributed by atoms with Gasteiger partial charge >= 0.3 is 39.5 Å². The summed E-state index contributed by atoms with van der Waals surface area (Å²) in [6.45, 7) is 7.17. The standard InChI is InChI=1S/C66H128O17P2/c1-6-10-13-16-19-22-25-26-29-32-35-42-47-52-66(71)82-61(55-76-63(68)49-44-39-33-30-27-23-20-17-14-11-7-2)57-80-84(72,73)78-53-60(67)54-79-85(74,75)81-58-62(56-77-64(69)50-45-40-37-36-38-43-48-59(5)9-4)83-65(70)51-46-41-34-31-28-24-21-18-15-12-8-3/h59-62,67H,6-58H2,1-5H3,(H,72,73)(H,74,75)/t59?,60-,61-,62-/m1/s1. The van der Waals surface area contributed by atoms with Crippen molar-refractivity contribution in [1.29, 1.82) is 0 Å². The van der Waals surface area contributed by atoms with Crippen LogP contribution in [0.4, 0.5) is 0 Å². The number of esters is 4. The summed E-state index contributed by atoms with van der Waals surface area (Å²) in [6.07, 6.45) is 44.3. The van der Waals surface area contributed by atoms with E-state index in [-0.39, 0.29) is 25.7 Å². The van der Waals surface area contributed by atoms with Crippen molar-refractivity contribution in [3.63, 3.8) is 0 Å². The van der Waals surface area contributed by atoms with E-state index in [0.29, 0.717) is 25.7 Å². The molecule has 0 aromatic carbocycles. The molecule has 3 N–H and O–H groups in total. The smallest absolute Gasteiger partial charge is 0.462 e. The maximum atomic E-state index is 13.0. The van der Waals surface area contributed by atoms with Crippen LogP contribution in [-0.2, 0) is 65.4 Å². The normalized spacial score (nSPS) is 14.5. The fraction of sp³-hybridized carbons (Fsp3) is 0.939. The molecule has 0 saturated heterocycles. The SMILES string of the molecule is CCCCCCCCCCCCCCCC(=O)O[C@H](COC(=O)CCCCCCCCCCCCC)COP(=O)(O)OC[C@@H](O)COP(=O)(O)OC[C@@H](COC(=O)CCCCCCCCC(C)CC)OC(=O)CCCCCCCCCCCCC. The van der Waals surface area contributed by atoms with Crippen LogP contribution in [0, 0.1) is 5.92 Å². The van der Waals surface area contributed by atoms with E-state index >= 15 is 0 Å². The predicted molar refractivity (Wildman–Crippen MR) is 340 cm³/mol. The van der Waals surface area contributed by atoms with E-state index in [1.54, 1.807) is 0 Å². The van der Waals surface area contributed by atoms with Crippen LogP contribution in [-0.4, -0.2) is 96.7 Å². The van der Waals surface area contributed by atoms with Gasteiger partial charge in [0.1, 0.15) is 19.3 Å². The summed E-state index contributed by atoms with van der Waals surface area (Å²) in [5, 5.41) is 10.6. The van der Waals surface area contributed by atoms with Gasteiger partial charge in [0.2, 0.25) is 0 Å². The van der Waals surface area contributed by atoms with Crippen molar-refractivity contribution in [2.75, 3.05) is 39.6 Å². The maximum absolute atomic E-state index is 13.0. The van der Waals surface area contributed by atoms with Gasteiger partial charge in [-0.15, -0.1) is 0 Å². The molecule has 0 fully saturated rings. The van der Waals surface area contributed by atoms with Gasteiger partial charge in [-0.3, -0.25) is 37.3 Å². The van der Waals surface area contributed by atoms with E-state index in [4.69, 9.17) is 37.0 Å². The van der Waals surface area contributed by atoms with Crippen LogP contribution in [0.25, 0.3) is 0 Å². The van der Waals surface area contributed by atoms with Crippen molar-refractivity contribution in [3.05, 3.63) is 0 Å². The summed E-state index contributed by atoms with van der Waals surface area (Å²) in [7, 11) is -9.89. The highest BCUT2D eigenvalue weighted by Gasteiger charge is 2.30. The summed E-state index contributed by atoms with van der Waals surface area (Å²) < 4.78 is 68.1. The molecule has 0 bridgehead atoms. The molecule has 0 radical (unpaired) electrons. The fourth-order valence-corrected chi connectivity index (χ4v) is 11.5. The minimum atomic E-state index is -4.94. The quantitative estimate of drug-likeness (QED) is 0.0222. The van der Waals surface area contributed by atoms with Crippen LogP contribution in [0.15, 0.2) is 0 Å². The Morgan fingerprint density at radius 1 is 0.329 bits per heavy atom. The fourth-order valence-electron chi connectivity index (χ4n) is 9.90. The van der Waals surface area contributed by atoms with E-state index in [1.807, 2.05) is 0 Å². The molecule has 17 nitrogen and oxygen atoms in total. The highest BCUT2D eigenvalue weighted by molar-refractivity contribution is 7.47. The lowest BCUT2D eigenvalue weighted by Crippen LogP contribution is -2.30. The number of ether oxygens (including phenoxy) is 4. The molecular weight excluding hydrogens is 1130 g/mol. The van der Waals surface area contributed by atoms with Crippen LogP contribution >= 0.6 is 15.6 Å². The second kappa shape index (κ2) is 59.7. The Morgan fingerprint density at radius 3 is 0.835 bits per heavy atom. The van der Waals surface area contributed by atoms with Crippen molar-refractivity contribution >= 4 is 39.5 Å². The topological polar surface area (TPSA) is 237 Å². The van der Waals surface area contributed by atoms with Crippen LogP contribution in [0.5, 0.6) is 0 Å². The molecule has 0 heterocycles. The minimum Gasteiger partial charge on any atom is -0.462 e. The Hall–Kier alpha value is -1.94.